The number of rotatable bonds is 1. The van der Waals surface area contributed by atoms with E-state index in [-0.39, 0.29) is 0 Å². The molecule has 0 spiro atoms. The first kappa shape index (κ1) is 5.22. The Bertz CT molecular complexity index is 147. The molecule has 1 aliphatic heterocycles. The molecular formula is C6H7NO. The fourth-order valence-corrected chi connectivity index (χ4v) is 0.598. The lowest BCUT2D eigenvalue weighted by Gasteiger charge is -1.97. The van der Waals surface area contributed by atoms with Crippen molar-refractivity contribution in [1.82, 2.24) is 0 Å². The Balaban J connectivity index is 2.63. The number of aliphatic imine (C=N–C) groups is 1. The molecule has 1 aliphatic rings. The van der Waals surface area contributed by atoms with E-state index in [0.717, 1.165) is 24.8 Å². The van der Waals surface area contributed by atoms with Crippen LogP contribution in [0.3, 0.4) is 0 Å². The van der Waals surface area contributed by atoms with Gasteiger partial charge in [0, 0.05) is 12.8 Å². The molecule has 0 saturated heterocycles. The first-order valence-corrected chi connectivity index (χ1v) is 2.57. The molecule has 2 nitrogen and oxygen atoms in total. The van der Waals surface area contributed by atoms with E-state index < -0.39 is 0 Å². The van der Waals surface area contributed by atoms with Crippen LogP contribution in [0, 0.1) is 0 Å². The van der Waals surface area contributed by atoms with Crippen molar-refractivity contribution in [2.45, 2.75) is 6.42 Å². The maximum Gasteiger partial charge on any atom is 0.146 e. The van der Waals surface area contributed by atoms with E-state index in [1.807, 2.05) is 0 Å². The smallest absolute Gasteiger partial charge is 0.146 e. The van der Waals surface area contributed by atoms with Gasteiger partial charge in [0.15, 0.2) is 0 Å². The molecule has 1 heterocycles. The van der Waals surface area contributed by atoms with Crippen LogP contribution < -0.4 is 0 Å². The van der Waals surface area contributed by atoms with Crippen LogP contribution in [0.25, 0.3) is 0 Å². The standard InChI is InChI=1S/C6H7NO/c8-5-6-1-3-7-4-2-6/h1,3,5H,2,4H2. The third-order valence-electron chi connectivity index (χ3n) is 1.07. The van der Waals surface area contributed by atoms with Crippen molar-refractivity contribution >= 4 is 12.5 Å². The molecular weight excluding hydrogens is 102 g/mol. The number of hydrogen-bond acceptors (Lipinski definition) is 2. The molecule has 0 saturated carbocycles. The van der Waals surface area contributed by atoms with E-state index in [0.29, 0.717) is 0 Å². The molecule has 0 aromatic heterocycles. The average Bonchev–Trinajstić information content (AvgIpc) is 1.90. The Morgan fingerprint density at radius 1 is 1.75 bits per heavy atom. The summed E-state index contributed by atoms with van der Waals surface area (Å²) in [6, 6.07) is 0. The summed E-state index contributed by atoms with van der Waals surface area (Å²) in [5.41, 5.74) is 0.847. The first-order valence-electron chi connectivity index (χ1n) is 2.57. The molecule has 0 aliphatic carbocycles. The van der Waals surface area contributed by atoms with Crippen molar-refractivity contribution in [2.75, 3.05) is 6.54 Å². The van der Waals surface area contributed by atoms with Gasteiger partial charge in [-0.05, 0) is 18.1 Å². The monoisotopic (exact) mass is 109 g/mol. The van der Waals surface area contributed by atoms with Gasteiger partial charge in [0.2, 0.25) is 0 Å². The number of allylic oxidation sites excluding steroid dienone is 1. The summed E-state index contributed by atoms with van der Waals surface area (Å²) in [4.78, 5) is 13.9. The van der Waals surface area contributed by atoms with Crippen molar-refractivity contribution in [3.8, 4) is 0 Å². The number of aldehydes is 1. The number of hydrogen-bond donors (Lipinski definition) is 0. The minimum atomic E-state index is 0.768. The van der Waals surface area contributed by atoms with Crippen LogP contribution in [0.5, 0.6) is 0 Å². The van der Waals surface area contributed by atoms with Crippen LogP contribution in [0.1, 0.15) is 6.42 Å². The zero-order valence-corrected chi connectivity index (χ0v) is 4.50. The van der Waals surface area contributed by atoms with Gasteiger partial charge in [-0.1, -0.05) is 0 Å². The van der Waals surface area contributed by atoms with Gasteiger partial charge in [0.05, 0.1) is 0 Å². The largest absolute Gasteiger partial charge is 0.298 e. The normalized spacial score (nSPS) is 17.8. The summed E-state index contributed by atoms with van der Waals surface area (Å²) in [5, 5.41) is 0. The summed E-state index contributed by atoms with van der Waals surface area (Å²) >= 11 is 0. The van der Waals surface area contributed by atoms with Gasteiger partial charge in [-0.15, -0.1) is 0 Å². The third-order valence-corrected chi connectivity index (χ3v) is 1.07. The van der Waals surface area contributed by atoms with E-state index >= 15 is 0 Å². The topological polar surface area (TPSA) is 29.4 Å². The zero-order valence-electron chi connectivity index (χ0n) is 4.50. The second-order valence-corrected chi connectivity index (χ2v) is 1.66. The number of carbonyl (C=O) groups is 1. The summed E-state index contributed by atoms with van der Waals surface area (Å²) < 4.78 is 0. The van der Waals surface area contributed by atoms with Gasteiger partial charge < -0.3 is 0 Å². The molecule has 0 fully saturated rings. The molecule has 0 bridgehead atoms. The fourth-order valence-electron chi connectivity index (χ4n) is 0.598. The Hall–Kier alpha value is -0.920. The van der Waals surface area contributed by atoms with Gasteiger partial charge in [0.25, 0.3) is 0 Å². The van der Waals surface area contributed by atoms with E-state index in [4.69, 9.17) is 0 Å². The average molecular weight is 109 g/mol. The zero-order chi connectivity index (χ0) is 5.82. The minimum Gasteiger partial charge on any atom is -0.298 e. The molecule has 1 rings (SSSR count). The molecule has 0 radical (unpaired) electrons. The predicted octanol–water partition coefficient (Wildman–Crippen LogP) is 0.586. The predicted molar refractivity (Wildman–Crippen MR) is 32.1 cm³/mol. The number of dihydropyridines is 1. The number of carbonyl (C=O) groups excluding carboxylic acids is 1. The second-order valence-electron chi connectivity index (χ2n) is 1.66. The maximum atomic E-state index is 10.0. The lowest BCUT2D eigenvalue weighted by atomic mass is 10.2. The molecule has 42 valence electrons. The first-order chi connectivity index (χ1) is 3.93. The van der Waals surface area contributed by atoms with Crippen LogP contribution >= 0.6 is 0 Å². The van der Waals surface area contributed by atoms with E-state index in [1.165, 1.54) is 0 Å². The van der Waals surface area contributed by atoms with Crippen LogP contribution in [0.2, 0.25) is 0 Å². The molecule has 8 heavy (non-hydrogen) atoms. The Kier molecular flexibility index (Phi) is 1.57. The summed E-state index contributed by atoms with van der Waals surface area (Å²) in [6.45, 7) is 0.768. The highest BCUT2D eigenvalue weighted by Gasteiger charge is 1.94. The van der Waals surface area contributed by atoms with Gasteiger partial charge in [-0.25, -0.2) is 0 Å². The molecule has 0 aromatic carbocycles. The summed E-state index contributed by atoms with van der Waals surface area (Å²) in [5.74, 6) is 0. The summed E-state index contributed by atoms with van der Waals surface area (Å²) in [7, 11) is 0. The fraction of sp³-hybridized carbons (Fsp3) is 0.333. The maximum absolute atomic E-state index is 10.0. The molecule has 0 unspecified atom stereocenters. The Morgan fingerprint density at radius 2 is 2.62 bits per heavy atom. The lowest BCUT2D eigenvalue weighted by Crippen LogP contribution is -1.94. The van der Waals surface area contributed by atoms with Crippen molar-refractivity contribution in [3.05, 3.63) is 11.6 Å². The molecule has 0 atom stereocenters. The van der Waals surface area contributed by atoms with Gasteiger partial charge >= 0.3 is 0 Å². The van der Waals surface area contributed by atoms with Crippen LogP contribution in [-0.2, 0) is 4.79 Å². The van der Waals surface area contributed by atoms with E-state index in [1.54, 1.807) is 12.3 Å². The number of nitrogens with zero attached hydrogens (tertiary/aromatic N) is 1. The Morgan fingerprint density at radius 3 is 3.00 bits per heavy atom. The molecule has 0 N–H and O–H groups in total. The molecule has 2 heteroatoms. The highest BCUT2D eigenvalue weighted by atomic mass is 16.1. The highest BCUT2D eigenvalue weighted by Crippen LogP contribution is 1.99. The highest BCUT2D eigenvalue weighted by molar-refractivity contribution is 5.85. The van der Waals surface area contributed by atoms with Crippen molar-refractivity contribution in [2.24, 2.45) is 4.99 Å². The van der Waals surface area contributed by atoms with Gasteiger partial charge in [-0.2, -0.15) is 0 Å². The van der Waals surface area contributed by atoms with Crippen LogP contribution in [-0.4, -0.2) is 19.0 Å². The van der Waals surface area contributed by atoms with Crippen LogP contribution in [0.15, 0.2) is 16.6 Å². The molecule has 0 aromatic rings. The van der Waals surface area contributed by atoms with Crippen LogP contribution in [0.4, 0.5) is 0 Å². The van der Waals surface area contributed by atoms with Crippen molar-refractivity contribution < 1.29 is 4.79 Å². The molecule has 0 amide bonds. The summed E-state index contributed by atoms with van der Waals surface area (Å²) in [6.07, 6.45) is 5.11. The van der Waals surface area contributed by atoms with Gasteiger partial charge in [0.1, 0.15) is 6.29 Å². The van der Waals surface area contributed by atoms with E-state index in [2.05, 4.69) is 4.99 Å². The second kappa shape index (κ2) is 2.40. The third kappa shape index (κ3) is 1.03. The van der Waals surface area contributed by atoms with E-state index in [9.17, 15) is 4.79 Å². The van der Waals surface area contributed by atoms with Crippen molar-refractivity contribution in [3.63, 3.8) is 0 Å². The SMILES string of the molecule is O=CC1=CC=NCC1. The van der Waals surface area contributed by atoms with Gasteiger partial charge in [-0.3, -0.25) is 9.79 Å². The van der Waals surface area contributed by atoms with Crippen molar-refractivity contribution in [1.29, 1.82) is 0 Å². The lowest BCUT2D eigenvalue weighted by molar-refractivity contribution is -0.105. The minimum absolute atomic E-state index is 0.768. The Labute approximate surface area is 47.9 Å². The quantitative estimate of drug-likeness (QED) is 0.453.